The Labute approximate surface area is 195 Å². The molecule has 168 valence electrons. The molecule has 1 saturated heterocycles. The van der Waals surface area contributed by atoms with E-state index in [-0.39, 0.29) is 27.1 Å². The van der Waals surface area contributed by atoms with E-state index < -0.39 is 11.5 Å². The van der Waals surface area contributed by atoms with E-state index in [0.29, 0.717) is 18.3 Å². The lowest BCUT2D eigenvalue weighted by Crippen LogP contribution is -2.30. The predicted octanol–water partition coefficient (Wildman–Crippen LogP) is 3.10. The van der Waals surface area contributed by atoms with Crippen LogP contribution >= 0.6 is 23.2 Å². The van der Waals surface area contributed by atoms with E-state index in [1.165, 1.54) is 12.7 Å². The second-order valence-corrected chi connectivity index (χ2v) is 7.86. The Balaban J connectivity index is 0.000000352. The van der Waals surface area contributed by atoms with E-state index >= 15 is 0 Å². The molecule has 8 nitrogen and oxygen atoms in total. The predicted molar refractivity (Wildman–Crippen MR) is 127 cm³/mol. The highest BCUT2D eigenvalue weighted by Crippen LogP contribution is 2.27. The van der Waals surface area contributed by atoms with E-state index in [1.807, 2.05) is 0 Å². The number of nitrogens with two attached hydrogens (primary N) is 1. The second-order valence-electron chi connectivity index (χ2n) is 7.05. The highest BCUT2D eigenvalue weighted by Gasteiger charge is 2.20. The van der Waals surface area contributed by atoms with Gasteiger partial charge >= 0.3 is 0 Å². The molecule has 0 radical (unpaired) electrons. The van der Waals surface area contributed by atoms with Gasteiger partial charge in [-0.3, -0.25) is 14.2 Å². The van der Waals surface area contributed by atoms with Gasteiger partial charge in [0.25, 0.3) is 11.5 Å². The lowest BCUT2D eigenvalue weighted by molar-refractivity contribution is 0.102. The van der Waals surface area contributed by atoms with Crippen molar-refractivity contribution in [2.75, 3.05) is 24.2 Å². The lowest BCUT2D eigenvalue weighted by Gasteiger charge is -2.12. The lowest BCUT2D eigenvalue weighted by atomic mass is 10.2. The summed E-state index contributed by atoms with van der Waals surface area (Å²) in [4.78, 5) is 29.2. The van der Waals surface area contributed by atoms with Crippen molar-refractivity contribution in [3.05, 3.63) is 80.8 Å². The first-order chi connectivity index (χ1) is 15.4. The summed E-state index contributed by atoms with van der Waals surface area (Å²) in [5, 5.41) is 14.8. The van der Waals surface area contributed by atoms with Crippen LogP contribution in [0.2, 0.25) is 10.0 Å². The van der Waals surface area contributed by atoms with Gasteiger partial charge in [-0.05, 0) is 43.7 Å². The SMILES string of the molecule is Nc1ncn(-c2c(Cl)cccc2Cl)c(=O)c1C(=O)Nc1ccccc1.OCC1CCCN1. The molecule has 5 N–H and O–H groups in total. The summed E-state index contributed by atoms with van der Waals surface area (Å²) in [6, 6.07) is 13.9. The van der Waals surface area contributed by atoms with Gasteiger partial charge in [0, 0.05) is 11.7 Å². The molecule has 0 bridgehead atoms. The van der Waals surface area contributed by atoms with Crippen molar-refractivity contribution in [2.24, 2.45) is 0 Å². The van der Waals surface area contributed by atoms with E-state index in [4.69, 9.17) is 34.0 Å². The molecule has 1 unspecified atom stereocenters. The fraction of sp³-hybridized carbons (Fsp3) is 0.227. The standard InChI is InChI=1S/C17H12Cl2N4O2.C5H11NO/c18-11-7-4-8-12(19)14(11)23-9-21-15(20)13(17(23)25)16(24)22-10-5-2-1-3-6-10;7-4-5-2-1-3-6-5/h1-9H,20H2,(H,22,24);5-7H,1-4H2. The maximum atomic E-state index is 12.8. The summed E-state index contributed by atoms with van der Waals surface area (Å²) in [7, 11) is 0. The zero-order valence-corrected chi connectivity index (χ0v) is 18.6. The molecule has 1 aliphatic rings. The molecule has 1 aliphatic heterocycles. The normalized spacial score (nSPS) is 15.0. The van der Waals surface area contributed by atoms with Crippen molar-refractivity contribution in [3.8, 4) is 5.69 Å². The molecule has 0 saturated carbocycles. The summed E-state index contributed by atoms with van der Waals surface area (Å²) >= 11 is 12.3. The van der Waals surface area contributed by atoms with Crippen LogP contribution in [0.3, 0.4) is 0 Å². The van der Waals surface area contributed by atoms with Crippen LogP contribution in [0.25, 0.3) is 5.69 Å². The Morgan fingerprint density at radius 3 is 2.44 bits per heavy atom. The van der Waals surface area contributed by atoms with Crippen LogP contribution in [-0.4, -0.2) is 39.8 Å². The largest absolute Gasteiger partial charge is 0.395 e. The van der Waals surface area contributed by atoms with Gasteiger partial charge in [-0.25, -0.2) is 4.98 Å². The Kier molecular flexibility index (Phi) is 8.24. The number of aromatic nitrogens is 2. The first kappa shape index (κ1) is 23.7. The van der Waals surface area contributed by atoms with Crippen molar-refractivity contribution in [1.82, 2.24) is 14.9 Å². The van der Waals surface area contributed by atoms with Crippen LogP contribution in [0.4, 0.5) is 11.5 Å². The third-order valence-corrected chi connectivity index (χ3v) is 5.43. The van der Waals surface area contributed by atoms with Gasteiger partial charge in [0.15, 0.2) is 0 Å². The average Bonchev–Trinajstić information content (AvgIpc) is 3.30. The molecule has 2 aromatic carbocycles. The molecule has 1 aromatic heterocycles. The summed E-state index contributed by atoms with van der Waals surface area (Å²) in [6.45, 7) is 1.39. The fourth-order valence-electron chi connectivity index (χ4n) is 3.19. The molecule has 0 aliphatic carbocycles. The molecule has 1 fully saturated rings. The highest BCUT2D eigenvalue weighted by molar-refractivity contribution is 6.37. The Morgan fingerprint density at radius 2 is 1.88 bits per heavy atom. The Morgan fingerprint density at radius 1 is 1.19 bits per heavy atom. The second kappa shape index (κ2) is 11.1. The average molecular weight is 476 g/mol. The fourth-order valence-corrected chi connectivity index (χ4v) is 3.77. The van der Waals surface area contributed by atoms with Gasteiger partial charge < -0.3 is 21.5 Å². The summed E-state index contributed by atoms with van der Waals surface area (Å²) in [6.07, 6.45) is 3.56. The van der Waals surface area contributed by atoms with Crippen LogP contribution in [0.15, 0.2) is 59.7 Å². The van der Waals surface area contributed by atoms with Gasteiger partial charge in [-0.1, -0.05) is 47.5 Å². The van der Waals surface area contributed by atoms with Gasteiger partial charge in [0.1, 0.15) is 17.7 Å². The number of aliphatic hydroxyl groups is 1. The molecule has 32 heavy (non-hydrogen) atoms. The molecule has 1 amide bonds. The summed E-state index contributed by atoms with van der Waals surface area (Å²) in [5.41, 5.74) is 5.55. The number of carbonyl (C=O) groups excluding carboxylic acids is 1. The van der Waals surface area contributed by atoms with E-state index in [1.54, 1.807) is 48.5 Å². The molecule has 3 aromatic rings. The van der Waals surface area contributed by atoms with Crippen molar-refractivity contribution < 1.29 is 9.90 Å². The topological polar surface area (TPSA) is 122 Å². The van der Waals surface area contributed by atoms with Gasteiger partial charge in [0.05, 0.1) is 22.3 Å². The number of halogens is 2. The number of rotatable bonds is 4. The van der Waals surface area contributed by atoms with Crippen molar-refractivity contribution in [3.63, 3.8) is 0 Å². The number of para-hydroxylation sites is 2. The summed E-state index contributed by atoms with van der Waals surface area (Å²) in [5.74, 6) is -0.850. The minimum absolute atomic E-state index is 0.183. The number of amides is 1. The van der Waals surface area contributed by atoms with E-state index in [0.717, 1.165) is 17.5 Å². The monoisotopic (exact) mass is 475 g/mol. The van der Waals surface area contributed by atoms with Crippen molar-refractivity contribution >= 4 is 40.6 Å². The van der Waals surface area contributed by atoms with Crippen molar-refractivity contribution in [2.45, 2.75) is 18.9 Å². The van der Waals surface area contributed by atoms with E-state index in [2.05, 4.69) is 15.6 Å². The maximum Gasteiger partial charge on any atom is 0.273 e. The first-order valence-corrected chi connectivity index (χ1v) is 10.7. The van der Waals surface area contributed by atoms with Crippen LogP contribution < -0.4 is 21.9 Å². The highest BCUT2D eigenvalue weighted by atomic mass is 35.5. The van der Waals surface area contributed by atoms with Gasteiger partial charge in [-0.2, -0.15) is 0 Å². The minimum Gasteiger partial charge on any atom is -0.395 e. The van der Waals surface area contributed by atoms with Crippen LogP contribution in [-0.2, 0) is 0 Å². The van der Waals surface area contributed by atoms with Crippen LogP contribution in [0.1, 0.15) is 23.2 Å². The van der Waals surface area contributed by atoms with E-state index in [9.17, 15) is 9.59 Å². The molecule has 0 spiro atoms. The van der Waals surface area contributed by atoms with Crippen molar-refractivity contribution in [1.29, 1.82) is 0 Å². The molecule has 4 rings (SSSR count). The number of anilines is 2. The quantitative estimate of drug-likeness (QED) is 0.459. The maximum absolute atomic E-state index is 12.8. The zero-order chi connectivity index (χ0) is 23.1. The smallest absolute Gasteiger partial charge is 0.273 e. The number of benzene rings is 2. The first-order valence-electron chi connectivity index (χ1n) is 9.94. The van der Waals surface area contributed by atoms with Gasteiger partial charge in [-0.15, -0.1) is 0 Å². The van der Waals surface area contributed by atoms with Gasteiger partial charge in [0.2, 0.25) is 0 Å². The molecular formula is C22H23Cl2N5O3. The molecule has 1 atom stereocenters. The number of hydrogen-bond acceptors (Lipinski definition) is 6. The minimum atomic E-state index is -0.670. The molecule has 10 heteroatoms. The number of hydrogen-bond donors (Lipinski definition) is 4. The molecule has 2 heterocycles. The number of nitrogen functional groups attached to an aromatic ring is 1. The van der Waals surface area contributed by atoms with Crippen LogP contribution in [0.5, 0.6) is 0 Å². The third-order valence-electron chi connectivity index (χ3n) is 4.82. The number of nitrogens with one attached hydrogen (secondary N) is 2. The molecular weight excluding hydrogens is 453 g/mol. The summed E-state index contributed by atoms with van der Waals surface area (Å²) < 4.78 is 1.10. The Hall–Kier alpha value is -2.91. The number of aliphatic hydroxyl groups excluding tert-OH is 1. The number of nitrogens with zero attached hydrogens (tertiary/aromatic N) is 2. The van der Waals surface area contributed by atoms with Crippen LogP contribution in [0, 0.1) is 0 Å². The zero-order valence-electron chi connectivity index (χ0n) is 17.1. The third kappa shape index (κ3) is 5.66. The Bertz CT molecular complexity index is 1110. The number of carbonyl (C=O) groups is 1.